The maximum Gasteiger partial charge on any atom is 0.269 e. The van der Waals surface area contributed by atoms with Crippen molar-refractivity contribution >= 4 is 27.7 Å². The Labute approximate surface area is 184 Å². The highest BCUT2D eigenvalue weighted by molar-refractivity contribution is 7.90. The van der Waals surface area contributed by atoms with E-state index in [2.05, 4.69) is 20.4 Å². The Balaban J connectivity index is 1.48. The van der Waals surface area contributed by atoms with E-state index in [1.165, 1.54) is 22.9 Å². The van der Waals surface area contributed by atoms with Crippen molar-refractivity contribution in [3.63, 3.8) is 0 Å². The van der Waals surface area contributed by atoms with E-state index < -0.39 is 21.8 Å². The molecule has 3 heterocycles. The van der Waals surface area contributed by atoms with E-state index in [4.69, 9.17) is 0 Å². The molecule has 1 aliphatic heterocycles. The number of anilines is 1. The van der Waals surface area contributed by atoms with Crippen molar-refractivity contribution in [3.05, 3.63) is 58.5 Å². The number of sulfonamides is 1. The lowest BCUT2D eigenvalue weighted by Crippen LogP contribution is -2.31. The van der Waals surface area contributed by atoms with Gasteiger partial charge in [0.1, 0.15) is 10.7 Å². The van der Waals surface area contributed by atoms with Crippen molar-refractivity contribution in [1.82, 2.24) is 24.1 Å². The normalized spacial score (nSPS) is 16.8. The van der Waals surface area contributed by atoms with Gasteiger partial charge in [-0.25, -0.2) is 22.7 Å². The Morgan fingerprint density at radius 3 is 2.38 bits per heavy atom. The Kier molecular flexibility index (Phi) is 4.41. The molecule has 32 heavy (non-hydrogen) atoms. The Morgan fingerprint density at radius 2 is 1.72 bits per heavy atom. The molecule has 1 saturated carbocycles. The van der Waals surface area contributed by atoms with E-state index in [9.17, 15) is 18.0 Å². The summed E-state index contributed by atoms with van der Waals surface area (Å²) in [7, 11) is -3.95. The van der Waals surface area contributed by atoms with E-state index in [0.29, 0.717) is 30.3 Å². The zero-order valence-corrected chi connectivity index (χ0v) is 18.5. The number of fused-ring (bicyclic) bond motifs is 1. The average Bonchev–Trinajstić information content (AvgIpc) is 3.44. The first kappa shape index (κ1) is 20.3. The van der Waals surface area contributed by atoms with Gasteiger partial charge in [0.15, 0.2) is 0 Å². The van der Waals surface area contributed by atoms with Crippen molar-refractivity contribution in [2.75, 3.05) is 5.32 Å². The highest BCUT2D eigenvalue weighted by Crippen LogP contribution is 2.39. The molecule has 0 saturated heterocycles. The summed E-state index contributed by atoms with van der Waals surface area (Å²) in [4.78, 5) is 34.1. The third-order valence-corrected chi connectivity index (χ3v) is 7.20. The Hall–Kier alpha value is -3.60. The Bertz CT molecular complexity index is 1390. The summed E-state index contributed by atoms with van der Waals surface area (Å²) in [5.74, 6) is -0.411. The standard InChI is InChI=1S/C21H20N6O4S/c1-11-8-12(2)23-21(22-11)26-18(9-13(3)25-26)24-19(28)14-4-7-16-17(10-14)32(30,31)27(20(16)29)15-5-6-15/h4,7-10,15H,5-6H2,1-3H3,(H,24,28). The van der Waals surface area contributed by atoms with Gasteiger partial charge in [-0.3, -0.25) is 9.59 Å². The summed E-state index contributed by atoms with van der Waals surface area (Å²) < 4.78 is 28.1. The van der Waals surface area contributed by atoms with E-state index in [0.717, 1.165) is 15.7 Å². The summed E-state index contributed by atoms with van der Waals surface area (Å²) in [6.45, 7) is 5.45. The van der Waals surface area contributed by atoms with Crippen LogP contribution in [0.4, 0.5) is 5.82 Å². The van der Waals surface area contributed by atoms with Gasteiger partial charge in [-0.1, -0.05) is 0 Å². The minimum Gasteiger partial charge on any atom is -0.306 e. The number of amides is 2. The molecule has 1 aliphatic carbocycles. The fraction of sp³-hybridized carbons (Fsp3) is 0.286. The molecule has 11 heteroatoms. The molecule has 5 rings (SSSR count). The summed E-state index contributed by atoms with van der Waals surface area (Å²) in [6, 6.07) is 7.30. The van der Waals surface area contributed by atoms with E-state index >= 15 is 0 Å². The summed E-state index contributed by atoms with van der Waals surface area (Å²) in [5.41, 5.74) is 2.37. The van der Waals surface area contributed by atoms with Crippen LogP contribution in [0.15, 0.2) is 35.2 Å². The number of rotatable bonds is 4. The third-order valence-electron chi connectivity index (χ3n) is 5.32. The van der Waals surface area contributed by atoms with Gasteiger partial charge in [-0.2, -0.15) is 9.78 Å². The highest BCUT2D eigenvalue weighted by Gasteiger charge is 2.48. The third kappa shape index (κ3) is 3.25. The maximum atomic E-state index is 13.0. The van der Waals surface area contributed by atoms with Gasteiger partial charge in [0.25, 0.3) is 27.8 Å². The molecule has 10 nitrogen and oxygen atoms in total. The van der Waals surface area contributed by atoms with Crippen molar-refractivity contribution in [1.29, 1.82) is 0 Å². The number of nitrogens with one attached hydrogen (secondary N) is 1. The number of hydrogen-bond donors (Lipinski definition) is 1. The molecule has 1 fully saturated rings. The van der Waals surface area contributed by atoms with Crippen LogP contribution in [0, 0.1) is 20.8 Å². The van der Waals surface area contributed by atoms with Crippen molar-refractivity contribution in [3.8, 4) is 5.95 Å². The molecule has 0 atom stereocenters. The minimum absolute atomic E-state index is 0.0953. The van der Waals surface area contributed by atoms with Crippen molar-refractivity contribution in [2.24, 2.45) is 0 Å². The monoisotopic (exact) mass is 452 g/mol. The summed E-state index contributed by atoms with van der Waals surface area (Å²) in [5, 5.41) is 7.12. The number of nitrogens with zero attached hydrogens (tertiary/aromatic N) is 5. The zero-order chi connectivity index (χ0) is 22.8. The van der Waals surface area contributed by atoms with Crippen LogP contribution in [0.2, 0.25) is 0 Å². The van der Waals surface area contributed by atoms with Gasteiger partial charge < -0.3 is 5.32 Å². The first-order valence-corrected chi connectivity index (χ1v) is 11.5. The van der Waals surface area contributed by atoms with Gasteiger partial charge >= 0.3 is 0 Å². The first-order valence-electron chi connectivity index (χ1n) is 10.1. The van der Waals surface area contributed by atoms with Crippen LogP contribution in [0.1, 0.15) is 50.6 Å². The number of hydrogen-bond acceptors (Lipinski definition) is 7. The molecular formula is C21H20N6O4S. The highest BCUT2D eigenvalue weighted by atomic mass is 32.2. The van der Waals surface area contributed by atoms with Gasteiger partial charge in [0.2, 0.25) is 0 Å². The van der Waals surface area contributed by atoms with E-state index in [1.54, 1.807) is 13.0 Å². The number of carbonyl (C=O) groups excluding carboxylic acids is 2. The second kappa shape index (κ2) is 6.95. The minimum atomic E-state index is -3.95. The fourth-order valence-electron chi connectivity index (χ4n) is 3.79. The molecule has 164 valence electrons. The zero-order valence-electron chi connectivity index (χ0n) is 17.7. The van der Waals surface area contributed by atoms with Gasteiger partial charge in [0.05, 0.1) is 11.3 Å². The van der Waals surface area contributed by atoms with Crippen LogP contribution in [-0.2, 0) is 10.0 Å². The van der Waals surface area contributed by atoms with Crippen LogP contribution >= 0.6 is 0 Å². The van der Waals surface area contributed by atoms with E-state index in [1.807, 2.05) is 19.9 Å². The number of aryl methyl sites for hydroxylation is 3. The SMILES string of the molecule is Cc1cc(C)nc(-n2nc(C)cc2NC(=O)c2ccc3c(c2)S(=O)(=O)N(C2CC2)C3=O)n1. The predicted octanol–water partition coefficient (Wildman–Crippen LogP) is 2.15. The predicted molar refractivity (Wildman–Crippen MR) is 114 cm³/mol. The second-order valence-corrected chi connectivity index (χ2v) is 9.82. The molecule has 2 aromatic heterocycles. The van der Waals surface area contributed by atoms with Gasteiger partial charge in [-0.05, 0) is 57.9 Å². The fourth-order valence-corrected chi connectivity index (χ4v) is 5.63. The molecule has 3 aromatic rings. The number of aromatic nitrogens is 4. The lowest BCUT2D eigenvalue weighted by atomic mass is 10.1. The maximum absolute atomic E-state index is 13.0. The van der Waals surface area contributed by atoms with Crippen LogP contribution in [-0.4, -0.2) is 50.3 Å². The van der Waals surface area contributed by atoms with Crippen molar-refractivity contribution < 1.29 is 18.0 Å². The summed E-state index contributed by atoms with van der Waals surface area (Å²) >= 11 is 0. The second-order valence-electron chi connectivity index (χ2n) is 8.04. The van der Waals surface area contributed by atoms with Gasteiger partial charge in [-0.15, -0.1) is 0 Å². The van der Waals surface area contributed by atoms with Crippen LogP contribution in [0.3, 0.4) is 0 Å². The topological polar surface area (TPSA) is 127 Å². The molecule has 2 amide bonds. The van der Waals surface area contributed by atoms with Crippen molar-refractivity contribution in [2.45, 2.75) is 44.6 Å². The largest absolute Gasteiger partial charge is 0.306 e. The molecule has 0 spiro atoms. The molecule has 1 aromatic carbocycles. The molecule has 0 unspecified atom stereocenters. The van der Waals surface area contributed by atoms with Gasteiger partial charge in [0, 0.05) is 29.1 Å². The first-order chi connectivity index (χ1) is 15.1. The smallest absolute Gasteiger partial charge is 0.269 e. The molecule has 0 bridgehead atoms. The Morgan fingerprint density at radius 1 is 1.03 bits per heavy atom. The van der Waals surface area contributed by atoms with Crippen LogP contribution in [0.5, 0.6) is 0 Å². The average molecular weight is 452 g/mol. The molecule has 2 aliphatic rings. The quantitative estimate of drug-likeness (QED) is 0.642. The molecular weight excluding hydrogens is 432 g/mol. The molecule has 0 radical (unpaired) electrons. The van der Waals surface area contributed by atoms with E-state index in [-0.39, 0.29) is 22.1 Å². The lowest BCUT2D eigenvalue weighted by Gasteiger charge is -2.13. The lowest BCUT2D eigenvalue weighted by molar-refractivity contribution is 0.0864. The number of carbonyl (C=O) groups is 2. The van der Waals surface area contributed by atoms with Crippen LogP contribution in [0.25, 0.3) is 5.95 Å². The summed E-state index contributed by atoms with van der Waals surface area (Å²) in [6.07, 6.45) is 1.33. The van der Waals surface area contributed by atoms with Crippen LogP contribution < -0.4 is 5.32 Å². The molecule has 1 N–H and O–H groups in total. The number of benzene rings is 1.